The summed E-state index contributed by atoms with van der Waals surface area (Å²) in [6.07, 6.45) is 0.457. The van der Waals surface area contributed by atoms with Crippen LogP contribution in [0.4, 0.5) is 0 Å². The van der Waals surface area contributed by atoms with Gasteiger partial charge in [-0.15, -0.1) is 0 Å². The van der Waals surface area contributed by atoms with Gasteiger partial charge in [-0.05, 0) is 30.2 Å². The molecule has 0 spiro atoms. The van der Waals surface area contributed by atoms with Crippen LogP contribution in [0.15, 0.2) is 48.5 Å². The van der Waals surface area contributed by atoms with Crippen LogP contribution in [0, 0.1) is 0 Å². The molecule has 2 heterocycles. The average molecular weight is 452 g/mol. The molecule has 174 valence electrons. The molecule has 1 N–H and O–H groups in total. The van der Waals surface area contributed by atoms with Crippen molar-refractivity contribution < 1.29 is 23.9 Å². The predicted octanol–water partition coefficient (Wildman–Crippen LogP) is 1.95. The second-order valence-electron chi connectivity index (χ2n) is 8.29. The molecule has 2 aliphatic rings. The number of hydrogen-bond acceptors (Lipinski definition) is 6. The highest BCUT2D eigenvalue weighted by atomic mass is 16.5. The number of carbonyl (C=O) groups excluding carboxylic acids is 3. The molecule has 1 atom stereocenters. The van der Waals surface area contributed by atoms with Crippen molar-refractivity contribution in [1.29, 1.82) is 0 Å². The van der Waals surface area contributed by atoms with Crippen LogP contribution in [-0.4, -0.2) is 80.1 Å². The van der Waals surface area contributed by atoms with Gasteiger partial charge in [0.25, 0.3) is 17.7 Å². The molecule has 0 aliphatic carbocycles. The second-order valence-corrected chi connectivity index (χ2v) is 8.29. The maximum Gasteiger partial charge on any atom is 0.261 e. The Morgan fingerprint density at radius 3 is 2.70 bits per heavy atom. The zero-order valence-corrected chi connectivity index (χ0v) is 18.8. The van der Waals surface area contributed by atoms with E-state index >= 15 is 0 Å². The van der Waals surface area contributed by atoms with Gasteiger partial charge in [0.2, 0.25) is 0 Å². The summed E-state index contributed by atoms with van der Waals surface area (Å²) in [4.78, 5) is 41.5. The van der Waals surface area contributed by atoms with Gasteiger partial charge in [0.05, 0.1) is 23.8 Å². The van der Waals surface area contributed by atoms with Crippen LogP contribution < -0.4 is 5.32 Å². The SMILES string of the molecule is COCCCN1C(=O)c2ccc(C(=O)NCC3CN(Cc4ccccc4)CCO3)cc2C1=O. The third-order valence-electron chi connectivity index (χ3n) is 5.93. The topological polar surface area (TPSA) is 88.2 Å². The van der Waals surface area contributed by atoms with Gasteiger partial charge in [-0.1, -0.05) is 30.3 Å². The first-order chi connectivity index (χ1) is 16.1. The van der Waals surface area contributed by atoms with Crippen LogP contribution in [0.2, 0.25) is 0 Å². The number of nitrogens with zero attached hydrogens (tertiary/aromatic N) is 2. The molecule has 33 heavy (non-hydrogen) atoms. The smallest absolute Gasteiger partial charge is 0.261 e. The van der Waals surface area contributed by atoms with Crippen molar-refractivity contribution in [1.82, 2.24) is 15.1 Å². The molecule has 2 aromatic rings. The largest absolute Gasteiger partial charge is 0.385 e. The first-order valence-electron chi connectivity index (χ1n) is 11.2. The number of imide groups is 1. The fourth-order valence-corrected chi connectivity index (χ4v) is 4.20. The quantitative estimate of drug-likeness (QED) is 0.463. The molecule has 1 unspecified atom stereocenters. The summed E-state index contributed by atoms with van der Waals surface area (Å²) in [5, 5.41) is 2.91. The van der Waals surface area contributed by atoms with Gasteiger partial charge in [0, 0.05) is 52.0 Å². The minimum absolute atomic E-state index is 0.111. The zero-order chi connectivity index (χ0) is 23.2. The zero-order valence-electron chi connectivity index (χ0n) is 18.8. The van der Waals surface area contributed by atoms with E-state index in [9.17, 15) is 14.4 Å². The lowest BCUT2D eigenvalue weighted by molar-refractivity contribution is -0.0292. The van der Waals surface area contributed by atoms with Crippen molar-refractivity contribution in [3.05, 3.63) is 70.8 Å². The van der Waals surface area contributed by atoms with E-state index in [1.165, 1.54) is 16.5 Å². The summed E-state index contributed by atoms with van der Waals surface area (Å²) < 4.78 is 10.8. The number of carbonyl (C=O) groups is 3. The predicted molar refractivity (Wildman–Crippen MR) is 122 cm³/mol. The molecule has 0 radical (unpaired) electrons. The molecule has 4 rings (SSSR count). The second kappa shape index (κ2) is 10.7. The molecule has 0 saturated carbocycles. The van der Waals surface area contributed by atoms with Gasteiger partial charge in [-0.25, -0.2) is 0 Å². The molecule has 2 aliphatic heterocycles. The summed E-state index contributed by atoms with van der Waals surface area (Å²) in [5.41, 5.74) is 2.20. The van der Waals surface area contributed by atoms with Gasteiger partial charge in [-0.3, -0.25) is 24.2 Å². The van der Waals surface area contributed by atoms with Crippen LogP contribution in [0.3, 0.4) is 0 Å². The van der Waals surface area contributed by atoms with Crippen LogP contribution in [0.5, 0.6) is 0 Å². The summed E-state index contributed by atoms with van der Waals surface area (Å²) in [7, 11) is 1.58. The molecule has 8 heteroatoms. The molecular weight excluding hydrogens is 422 g/mol. The third kappa shape index (κ3) is 5.47. The summed E-state index contributed by atoms with van der Waals surface area (Å²) in [5.74, 6) is -0.986. The van der Waals surface area contributed by atoms with Crippen molar-refractivity contribution in [2.75, 3.05) is 46.5 Å². The van der Waals surface area contributed by atoms with E-state index < -0.39 is 0 Å². The number of amides is 3. The van der Waals surface area contributed by atoms with Crippen molar-refractivity contribution in [2.45, 2.75) is 19.1 Å². The lowest BCUT2D eigenvalue weighted by Crippen LogP contribution is -2.47. The molecular formula is C25H29N3O5. The highest BCUT2D eigenvalue weighted by Gasteiger charge is 2.35. The number of methoxy groups -OCH3 is 1. The summed E-state index contributed by atoms with van der Waals surface area (Å²) in [6, 6.07) is 14.9. The van der Waals surface area contributed by atoms with Gasteiger partial charge in [0.15, 0.2) is 0 Å². The molecule has 1 fully saturated rings. The van der Waals surface area contributed by atoms with Crippen LogP contribution in [0.25, 0.3) is 0 Å². The number of ether oxygens (including phenoxy) is 2. The number of morpholine rings is 1. The maximum absolute atomic E-state index is 12.7. The number of benzene rings is 2. The molecule has 2 aromatic carbocycles. The minimum atomic E-state index is -0.368. The van der Waals surface area contributed by atoms with E-state index in [0.717, 1.165) is 19.6 Å². The number of fused-ring (bicyclic) bond motifs is 1. The van der Waals surface area contributed by atoms with E-state index in [0.29, 0.717) is 43.9 Å². The minimum Gasteiger partial charge on any atom is -0.385 e. The maximum atomic E-state index is 12.7. The van der Waals surface area contributed by atoms with Gasteiger partial charge >= 0.3 is 0 Å². The Balaban J connectivity index is 1.32. The Hall–Kier alpha value is -3.07. The van der Waals surface area contributed by atoms with Crippen molar-refractivity contribution in [2.24, 2.45) is 0 Å². The highest BCUT2D eigenvalue weighted by Crippen LogP contribution is 2.24. The molecule has 0 aromatic heterocycles. The van der Waals surface area contributed by atoms with Gasteiger partial charge in [0.1, 0.15) is 0 Å². The number of hydrogen-bond donors (Lipinski definition) is 1. The Bertz CT molecular complexity index is 1010. The van der Waals surface area contributed by atoms with Crippen LogP contribution in [0.1, 0.15) is 43.1 Å². The Morgan fingerprint density at radius 1 is 1.12 bits per heavy atom. The van der Waals surface area contributed by atoms with E-state index in [2.05, 4.69) is 22.3 Å². The molecule has 3 amide bonds. The number of nitrogens with one attached hydrogen (secondary N) is 1. The molecule has 0 bridgehead atoms. The fraction of sp³-hybridized carbons (Fsp3) is 0.400. The van der Waals surface area contributed by atoms with Crippen molar-refractivity contribution in [3.8, 4) is 0 Å². The van der Waals surface area contributed by atoms with E-state index in [4.69, 9.17) is 9.47 Å². The summed E-state index contributed by atoms with van der Waals surface area (Å²) in [6.45, 7) is 4.16. The van der Waals surface area contributed by atoms with Gasteiger partial charge in [-0.2, -0.15) is 0 Å². The first-order valence-corrected chi connectivity index (χ1v) is 11.2. The Labute approximate surface area is 193 Å². The summed E-state index contributed by atoms with van der Waals surface area (Å²) >= 11 is 0. The van der Waals surface area contributed by atoms with Crippen molar-refractivity contribution in [3.63, 3.8) is 0 Å². The van der Waals surface area contributed by atoms with E-state index in [1.54, 1.807) is 19.2 Å². The lowest BCUT2D eigenvalue weighted by Gasteiger charge is -2.33. The van der Waals surface area contributed by atoms with Gasteiger partial charge < -0.3 is 14.8 Å². The fourth-order valence-electron chi connectivity index (χ4n) is 4.20. The molecule has 8 nitrogen and oxygen atoms in total. The van der Waals surface area contributed by atoms with E-state index in [-0.39, 0.29) is 29.4 Å². The highest BCUT2D eigenvalue weighted by molar-refractivity contribution is 6.22. The average Bonchev–Trinajstić information content (AvgIpc) is 3.08. The first kappa shape index (κ1) is 23.1. The Morgan fingerprint density at radius 2 is 1.91 bits per heavy atom. The van der Waals surface area contributed by atoms with Crippen molar-refractivity contribution >= 4 is 17.7 Å². The molecule has 1 saturated heterocycles. The number of rotatable bonds is 9. The lowest BCUT2D eigenvalue weighted by atomic mass is 10.1. The Kier molecular flexibility index (Phi) is 7.49. The normalized spacial score (nSPS) is 18.5. The monoisotopic (exact) mass is 451 g/mol. The third-order valence-corrected chi connectivity index (χ3v) is 5.93. The van der Waals surface area contributed by atoms with Crippen LogP contribution >= 0.6 is 0 Å². The van der Waals surface area contributed by atoms with Crippen LogP contribution in [-0.2, 0) is 16.0 Å². The standard InChI is InChI=1S/C25H29N3O5/c1-32-12-5-10-28-24(30)21-9-8-19(14-22(21)25(28)31)23(29)26-15-20-17-27(11-13-33-20)16-18-6-3-2-4-7-18/h2-4,6-9,14,20H,5,10-13,15-17H2,1H3,(H,26,29). The van der Waals surface area contributed by atoms with E-state index in [1.807, 2.05) is 18.2 Å².